The number of hydrogen-bond donors (Lipinski definition) is 1. The first kappa shape index (κ1) is 16.5. The summed E-state index contributed by atoms with van der Waals surface area (Å²) in [7, 11) is 1.97. The molecule has 2 aliphatic heterocycles. The molecule has 3 rings (SSSR count). The molecule has 2 heterocycles. The first-order valence-corrected chi connectivity index (χ1v) is 8.90. The summed E-state index contributed by atoms with van der Waals surface area (Å²) < 4.78 is 0.885. The van der Waals surface area contributed by atoms with E-state index in [0.29, 0.717) is 19.0 Å². The molecule has 23 heavy (non-hydrogen) atoms. The molecule has 0 saturated carbocycles. The number of nitrogens with one attached hydrogen (secondary N) is 1. The van der Waals surface area contributed by atoms with Crippen molar-refractivity contribution in [3.63, 3.8) is 0 Å². The van der Waals surface area contributed by atoms with Crippen LogP contribution in [0.5, 0.6) is 0 Å². The number of rotatable bonds is 3. The number of likely N-dealkylation sites (tertiary alicyclic amines) is 1. The molecule has 1 aromatic rings. The molecular weight excluding hydrogens is 358 g/mol. The standard InChI is InChI=1S/C17H22BrN3O2/c1-19-13-6-8-20(9-7-13)17(23)12-10-16(22)21(11-12)15-5-3-2-4-14(15)18/h2-5,12-13,19H,6-11H2,1H3. The van der Waals surface area contributed by atoms with Crippen LogP contribution in [0.15, 0.2) is 28.7 Å². The third-order valence-corrected chi connectivity index (χ3v) is 5.50. The fraction of sp³-hybridized carbons (Fsp3) is 0.529. The first-order chi connectivity index (χ1) is 11.1. The number of para-hydroxylation sites is 1. The van der Waals surface area contributed by atoms with E-state index in [4.69, 9.17) is 0 Å². The van der Waals surface area contributed by atoms with E-state index in [1.54, 1.807) is 4.90 Å². The molecule has 2 amide bonds. The third kappa shape index (κ3) is 3.43. The quantitative estimate of drug-likeness (QED) is 0.873. The van der Waals surface area contributed by atoms with Crippen LogP contribution in [0.2, 0.25) is 0 Å². The van der Waals surface area contributed by atoms with Gasteiger partial charge in [-0.3, -0.25) is 9.59 Å². The van der Waals surface area contributed by atoms with Gasteiger partial charge in [0.15, 0.2) is 0 Å². The van der Waals surface area contributed by atoms with E-state index in [-0.39, 0.29) is 17.7 Å². The lowest BCUT2D eigenvalue weighted by molar-refractivity contribution is -0.136. The number of nitrogens with zero attached hydrogens (tertiary/aromatic N) is 2. The number of piperidine rings is 1. The normalized spacial score (nSPS) is 22.7. The number of benzene rings is 1. The second-order valence-electron chi connectivity index (χ2n) is 6.25. The Morgan fingerprint density at radius 2 is 1.96 bits per heavy atom. The highest BCUT2D eigenvalue weighted by Crippen LogP contribution is 2.32. The second kappa shape index (κ2) is 7.01. The maximum atomic E-state index is 12.7. The molecule has 2 fully saturated rings. The van der Waals surface area contributed by atoms with Crippen LogP contribution in [-0.2, 0) is 9.59 Å². The van der Waals surface area contributed by atoms with Gasteiger partial charge in [0.2, 0.25) is 11.8 Å². The Bertz CT molecular complexity index is 599. The lowest BCUT2D eigenvalue weighted by atomic mass is 10.0. The van der Waals surface area contributed by atoms with Gasteiger partial charge in [0.25, 0.3) is 0 Å². The van der Waals surface area contributed by atoms with Crippen molar-refractivity contribution in [3.8, 4) is 0 Å². The predicted octanol–water partition coefficient (Wildman–Crippen LogP) is 2.01. The SMILES string of the molecule is CNC1CCN(C(=O)C2CC(=O)N(c3ccccc3Br)C2)CC1. The zero-order valence-electron chi connectivity index (χ0n) is 13.3. The zero-order chi connectivity index (χ0) is 16.4. The molecule has 5 nitrogen and oxygen atoms in total. The minimum Gasteiger partial charge on any atom is -0.342 e. The Labute approximate surface area is 145 Å². The van der Waals surface area contributed by atoms with Crippen LogP contribution in [0.1, 0.15) is 19.3 Å². The zero-order valence-corrected chi connectivity index (χ0v) is 14.9. The summed E-state index contributed by atoms with van der Waals surface area (Å²) >= 11 is 3.49. The molecule has 1 N–H and O–H groups in total. The van der Waals surface area contributed by atoms with E-state index in [0.717, 1.165) is 36.1 Å². The van der Waals surface area contributed by atoms with Crippen molar-refractivity contribution in [3.05, 3.63) is 28.7 Å². The highest BCUT2D eigenvalue weighted by molar-refractivity contribution is 9.10. The summed E-state index contributed by atoms with van der Waals surface area (Å²) in [6, 6.07) is 8.15. The summed E-state index contributed by atoms with van der Waals surface area (Å²) in [5.41, 5.74) is 0.849. The van der Waals surface area contributed by atoms with Gasteiger partial charge < -0.3 is 15.1 Å². The third-order valence-electron chi connectivity index (χ3n) is 4.83. The van der Waals surface area contributed by atoms with Crippen LogP contribution in [0.25, 0.3) is 0 Å². The van der Waals surface area contributed by atoms with E-state index in [1.807, 2.05) is 36.2 Å². The average Bonchev–Trinajstić information content (AvgIpc) is 2.96. The van der Waals surface area contributed by atoms with E-state index in [1.165, 1.54) is 0 Å². The molecule has 0 aromatic heterocycles. The van der Waals surface area contributed by atoms with E-state index in [9.17, 15) is 9.59 Å². The molecule has 0 bridgehead atoms. The van der Waals surface area contributed by atoms with Gasteiger partial charge in [-0.1, -0.05) is 12.1 Å². The molecule has 1 unspecified atom stereocenters. The van der Waals surface area contributed by atoms with Crippen LogP contribution in [0.3, 0.4) is 0 Å². The molecule has 0 radical (unpaired) electrons. The van der Waals surface area contributed by atoms with Crippen molar-refractivity contribution in [2.24, 2.45) is 5.92 Å². The number of hydrogen-bond acceptors (Lipinski definition) is 3. The van der Waals surface area contributed by atoms with Gasteiger partial charge in [-0.15, -0.1) is 0 Å². The molecule has 6 heteroatoms. The molecule has 0 spiro atoms. The van der Waals surface area contributed by atoms with Crippen molar-refractivity contribution in [1.82, 2.24) is 10.2 Å². The number of carbonyl (C=O) groups is 2. The van der Waals surface area contributed by atoms with Crippen molar-refractivity contribution < 1.29 is 9.59 Å². The van der Waals surface area contributed by atoms with Crippen LogP contribution < -0.4 is 10.2 Å². The first-order valence-electron chi connectivity index (χ1n) is 8.11. The Morgan fingerprint density at radius 1 is 1.26 bits per heavy atom. The van der Waals surface area contributed by atoms with Crippen LogP contribution >= 0.6 is 15.9 Å². The topological polar surface area (TPSA) is 52.7 Å². The van der Waals surface area contributed by atoms with Crippen LogP contribution in [0, 0.1) is 5.92 Å². The maximum Gasteiger partial charge on any atom is 0.228 e. The monoisotopic (exact) mass is 379 g/mol. The van der Waals surface area contributed by atoms with Gasteiger partial charge in [-0.05, 0) is 48.0 Å². The molecule has 2 saturated heterocycles. The Morgan fingerprint density at radius 3 is 2.61 bits per heavy atom. The van der Waals surface area contributed by atoms with Crippen LogP contribution in [-0.4, -0.2) is 49.4 Å². The van der Waals surface area contributed by atoms with Crippen molar-refractivity contribution in [2.75, 3.05) is 31.6 Å². The number of amides is 2. The number of halogens is 1. The minimum absolute atomic E-state index is 0.0281. The fourth-order valence-electron chi connectivity index (χ4n) is 3.42. The smallest absolute Gasteiger partial charge is 0.228 e. The number of anilines is 1. The Kier molecular flexibility index (Phi) is 5.02. The summed E-state index contributed by atoms with van der Waals surface area (Å²) in [4.78, 5) is 28.7. The molecule has 124 valence electrons. The predicted molar refractivity (Wildman–Crippen MR) is 93.3 cm³/mol. The highest BCUT2D eigenvalue weighted by Gasteiger charge is 2.38. The van der Waals surface area contributed by atoms with E-state index < -0.39 is 0 Å². The Balaban J connectivity index is 1.66. The summed E-state index contributed by atoms with van der Waals surface area (Å²) in [6.45, 7) is 2.04. The van der Waals surface area contributed by atoms with E-state index >= 15 is 0 Å². The molecule has 2 aliphatic rings. The fourth-order valence-corrected chi connectivity index (χ4v) is 3.92. The van der Waals surface area contributed by atoms with Gasteiger partial charge in [0.05, 0.1) is 11.6 Å². The summed E-state index contributed by atoms with van der Waals surface area (Å²) in [5, 5.41) is 3.27. The largest absolute Gasteiger partial charge is 0.342 e. The second-order valence-corrected chi connectivity index (χ2v) is 7.10. The van der Waals surface area contributed by atoms with Crippen molar-refractivity contribution in [1.29, 1.82) is 0 Å². The van der Waals surface area contributed by atoms with Crippen molar-refractivity contribution >= 4 is 33.4 Å². The van der Waals surface area contributed by atoms with E-state index in [2.05, 4.69) is 21.2 Å². The van der Waals surface area contributed by atoms with Gasteiger partial charge >= 0.3 is 0 Å². The summed E-state index contributed by atoms with van der Waals surface area (Å²) in [5.74, 6) is -0.0661. The molecular formula is C17H22BrN3O2. The van der Waals surface area contributed by atoms with Crippen molar-refractivity contribution in [2.45, 2.75) is 25.3 Å². The average molecular weight is 380 g/mol. The lowest BCUT2D eigenvalue weighted by Crippen LogP contribution is -2.46. The molecule has 1 atom stereocenters. The summed E-state index contributed by atoms with van der Waals surface area (Å²) in [6.07, 6.45) is 2.28. The molecule has 0 aliphatic carbocycles. The van der Waals surface area contributed by atoms with Gasteiger partial charge in [0, 0.05) is 36.6 Å². The lowest BCUT2D eigenvalue weighted by Gasteiger charge is -2.33. The van der Waals surface area contributed by atoms with Gasteiger partial charge in [-0.25, -0.2) is 0 Å². The van der Waals surface area contributed by atoms with Gasteiger partial charge in [0.1, 0.15) is 0 Å². The Hall–Kier alpha value is -1.40. The minimum atomic E-state index is -0.222. The number of carbonyl (C=O) groups excluding carboxylic acids is 2. The molecule has 1 aromatic carbocycles. The maximum absolute atomic E-state index is 12.7. The highest BCUT2D eigenvalue weighted by atomic mass is 79.9. The van der Waals surface area contributed by atoms with Crippen LogP contribution in [0.4, 0.5) is 5.69 Å². The van der Waals surface area contributed by atoms with Gasteiger partial charge in [-0.2, -0.15) is 0 Å².